The molecule has 2 saturated heterocycles. The highest BCUT2D eigenvalue weighted by Gasteiger charge is 2.44. The predicted molar refractivity (Wildman–Crippen MR) is 82.0 cm³/mol. The Morgan fingerprint density at radius 2 is 1.91 bits per heavy atom. The van der Waals surface area contributed by atoms with Crippen LogP contribution in [0.3, 0.4) is 0 Å². The molecule has 118 valence electrons. The summed E-state index contributed by atoms with van der Waals surface area (Å²) >= 11 is 0. The van der Waals surface area contributed by atoms with E-state index in [2.05, 4.69) is 21.9 Å². The summed E-state index contributed by atoms with van der Waals surface area (Å²) in [4.78, 5) is 17.0. The summed E-state index contributed by atoms with van der Waals surface area (Å²) in [5.74, 6) is 1.83. The molecule has 0 N–H and O–H groups in total. The molecular formula is C17H22N2O3. The number of nitrogens with zero attached hydrogens (tertiary/aromatic N) is 2. The first-order valence-corrected chi connectivity index (χ1v) is 8.03. The highest BCUT2D eigenvalue weighted by molar-refractivity contribution is 5.79. The minimum atomic E-state index is 0.190. The first-order valence-electron chi connectivity index (χ1n) is 8.03. The van der Waals surface area contributed by atoms with Crippen LogP contribution in [0.2, 0.25) is 0 Å². The van der Waals surface area contributed by atoms with Gasteiger partial charge in [-0.3, -0.25) is 9.69 Å². The second-order valence-corrected chi connectivity index (χ2v) is 6.32. The zero-order chi connectivity index (χ0) is 15.3. The fourth-order valence-corrected chi connectivity index (χ4v) is 4.30. The van der Waals surface area contributed by atoms with Crippen molar-refractivity contribution < 1.29 is 14.3 Å². The highest BCUT2D eigenvalue weighted by Crippen LogP contribution is 2.44. The van der Waals surface area contributed by atoms with Gasteiger partial charge in [-0.2, -0.15) is 0 Å². The molecule has 0 spiro atoms. The summed E-state index contributed by atoms with van der Waals surface area (Å²) in [6.45, 7) is 1.94. The standard InChI is InChI=1S/C17H22N2O3/c1-21-14-8-11-5-7-18-13(12(11)9-15(14)22-2)10-17(20)19-6-3-4-16(18)19/h8-9,13,16H,3-7,10H2,1-2H3/t13-,16+/m0/s1. The Morgan fingerprint density at radius 1 is 1.14 bits per heavy atom. The van der Waals surface area contributed by atoms with Crippen molar-refractivity contribution in [1.29, 1.82) is 0 Å². The summed E-state index contributed by atoms with van der Waals surface area (Å²) in [5, 5.41) is 0. The van der Waals surface area contributed by atoms with Crippen molar-refractivity contribution in [3.63, 3.8) is 0 Å². The summed E-state index contributed by atoms with van der Waals surface area (Å²) in [7, 11) is 3.33. The number of methoxy groups -OCH3 is 2. The average Bonchev–Trinajstić information content (AvgIpc) is 3.04. The number of hydrogen-bond donors (Lipinski definition) is 0. The lowest BCUT2D eigenvalue weighted by Gasteiger charge is -2.48. The van der Waals surface area contributed by atoms with Gasteiger partial charge in [0.25, 0.3) is 0 Å². The fraction of sp³-hybridized carbons (Fsp3) is 0.588. The van der Waals surface area contributed by atoms with Gasteiger partial charge in [0.15, 0.2) is 11.5 Å². The molecule has 3 aliphatic rings. The molecule has 0 bridgehead atoms. The first-order chi connectivity index (χ1) is 10.7. The van der Waals surface area contributed by atoms with Crippen molar-refractivity contribution in [2.45, 2.75) is 37.9 Å². The molecule has 4 rings (SSSR count). The van der Waals surface area contributed by atoms with Crippen molar-refractivity contribution in [3.8, 4) is 11.5 Å². The highest BCUT2D eigenvalue weighted by atomic mass is 16.5. The topological polar surface area (TPSA) is 42.0 Å². The molecule has 0 aromatic heterocycles. The molecule has 1 aromatic rings. The smallest absolute Gasteiger partial charge is 0.225 e. The monoisotopic (exact) mass is 302 g/mol. The van der Waals surface area contributed by atoms with Gasteiger partial charge in [0.2, 0.25) is 5.91 Å². The SMILES string of the molecule is COc1cc2c(cc1OC)[C@@H]1CC(=O)N3CCC[C@@H]3N1CC2. The Hall–Kier alpha value is -1.75. The summed E-state index contributed by atoms with van der Waals surface area (Å²) in [6, 6.07) is 4.34. The largest absolute Gasteiger partial charge is 0.493 e. The molecule has 1 aromatic carbocycles. The minimum absolute atomic E-state index is 0.190. The number of fused-ring (bicyclic) bond motifs is 5. The van der Waals surface area contributed by atoms with Crippen LogP contribution >= 0.6 is 0 Å². The molecule has 1 amide bonds. The maximum Gasteiger partial charge on any atom is 0.225 e. The average molecular weight is 302 g/mol. The second kappa shape index (κ2) is 5.16. The van der Waals surface area contributed by atoms with E-state index in [4.69, 9.17) is 9.47 Å². The van der Waals surface area contributed by atoms with E-state index in [-0.39, 0.29) is 6.04 Å². The number of carbonyl (C=O) groups is 1. The van der Waals surface area contributed by atoms with Crippen LogP contribution in [0.4, 0.5) is 0 Å². The molecule has 0 aliphatic carbocycles. The predicted octanol–water partition coefficient (Wildman–Crippen LogP) is 1.96. The van der Waals surface area contributed by atoms with Crippen molar-refractivity contribution in [2.24, 2.45) is 0 Å². The zero-order valence-corrected chi connectivity index (χ0v) is 13.2. The van der Waals surface area contributed by atoms with Gasteiger partial charge in [0, 0.05) is 25.6 Å². The maximum absolute atomic E-state index is 12.5. The number of ether oxygens (including phenoxy) is 2. The van der Waals surface area contributed by atoms with Crippen molar-refractivity contribution >= 4 is 5.91 Å². The Balaban J connectivity index is 1.75. The summed E-state index contributed by atoms with van der Waals surface area (Å²) in [5.41, 5.74) is 2.53. The van der Waals surface area contributed by atoms with Gasteiger partial charge >= 0.3 is 0 Å². The fourth-order valence-electron chi connectivity index (χ4n) is 4.30. The van der Waals surface area contributed by atoms with E-state index in [1.807, 2.05) is 0 Å². The molecule has 5 heteroatoms. The normalized spacial score (nSPS) is 27.2. The molecule has 5 nitrogen and oxygen atoms in total. The van der Waals surface area contributed by atoms with Crippen LogP contribution in [0, 0.1) is 0 Å². The summed E-state index contributed by atoms with van der Waals surface area (Å²) < 4.78 is 10.9. The molecular weight excluding hydrogens is 280 g/mol. The van der Waals surface area contributed by atoms with Gasteiger partial charge in [0.1, 0.15) is 0 Å². The lowest BCUT2D eigenvalue weighted by Crippen LogP contribution is -2.56. The molecule has 0 unspecified atom stereocenters. The van der Waals surface area contributed by atoms with E-state index in [0.29, 0.717) is 18.5 Å². The van der Waals surface area contributed by atoms with Crippen molar-refractivity contribution in [2.75, 3.05) is 27.3 Å². The zero-order valence-electron chi connectivity index (χ0n) is 13.2. The van der Waals surface area contributed by atoms with E-state index in [0.717, 1.165) is 43.9 Å². The molecule has 3 aliphatic heterocycles. The van der Waals surface area contributed by atoms with Crippen LogP contribution in [0.5, 0.6) is 11.5 Å². The summed E-state index contributed by atoms with van der Waals surface area (Å²) in [6.07, 6.45) is 4.11. The Kier molecular flexibility index (Phi) is 3.26. The van der Waals surface area contributed by atoms with Gasteiger partial charge in [-0.1, -0.05) is 0 Å². The number of amides is 1. The number of rotatable bonds is 2. The lowest BCUT2D eigenvalue weighted by atomic mass is 9.87. The van der Waals surface area contributed by atoms with Gasteiger partial charge in [0.05, 0.1) is 20.4 Å². The van der Waals surface area contributed by atoms with Crippen molar-refractivity contribution in [1.82, 2.24) is 9.80 Å². The third-order valence-corrected chi connectivity index (χ3v) is 5.34. The Bertz CT molecular complexity index is 616. The molecule has 2 atom stereocenters. The molecule has 2 fully saturated rings. The molecule has 22 heavy (non-hydrogen) atoms. The molecule has 0 saturated carbocycles. The van der Waals surface area contributed by atoms with E-state index in [1.165, 1.54) is 11.1 Å². The molecule has 0 radical (unpaired) electrons. The number of carbonyl (C=O) groups excluding carboxylic acids is 1. The lowest BCUT2D eigenvalue weighted by molar-refractivity contribution is -0.146. The Morgan fingerprint density at radius 3 is 2.68 bits per heavy atom. The van der Waals surface area contributed by atoms with Crippen molar-refractivity contribution in [3.05, 3.63) is 23.3 Å². The first kappa shape index (κ1) is 13.9. The number of hydrogen-bond acceptors (Lipinski definition) is 4. The van der Waals surface area contributed by atoms with Crippen LogP contribution in [0.15, 0.2) is 12.1 Å². The van der Waals surface area contributed by atoms with E-state index in [1.54, 1.807) is 14.2 Å². The second-order valence-electron chi connectivity index (χ2n) is 6.32. The third kappa shape index (κ3) is 1.92. The van der Waals surface area contributed by atoms with Crippen LogP contribution in [-0.2, 0) is 11.2 Å². The van der Waals surface area contributed by atoms with Crippen LogP contribution in [0.25, 0.3) is 0 Å². The van der Waals surface area contributed by atoms with Gasteiger partial charge < -0.3 is 14.4 Å². The van der Waals surface area contributed by atoms with Gasteiger partial charge in [-0.25, -0.2) is 0 Å². The van der Waals surface area contributed by atoms with E-state index < -0.39 is 0 Å². The minimum Gasteiger partial charge on any atom is -0.493 e. The Labute approximate surface area is 130 Å². The maximum atomic E-state index is 12.5. The van der Waals surface area contributed by atoms with Gasteiger partial charge in [-0.05, 0) is 42.5 Å². The van der Waals surface area contributed by atoms with E-state index >= 15 is 0 Å². The quantitative estimate of drug-likeness (QED) is 0.837. The number of benzene rings is 1. The molecule has 3 heterocycles. The third-order valence-electron chi connectivity index (χ3n) is 5.34. The van der Waals surface area contributed by atoms with Gasteiger partial charge in [-0.15, -0.1) is 0 Å². The van der Waals surface area contributed by atoms with Crippen LogP contribution in [-0.4, -0.2) is 49.2 Å². The van der Waals surface area contributed by atoms with Crippen LogP contribution in [0.1, 0.15) is 36.4 Å². The van der Waals surface area contributed by atoms with E-state index in [9.17, 15) is 4.79 Å². The van der Waals surface area contributed by atoms with Crippen LogP contribution < -0.4 is 9.47 Å².